The van der Waals surface area contributed by atoms with E-state index in [-0.39, 0.29) is 18.2 Å². The molecular formula is C13H25N3O2. The van der Waals surface area contributed by atoms with E-state index in [1.165, 1.54) is 6.42 Å². The Bertz CT molecular complexity index is 309. The Hall–Kier alpha value is -1.10. The lowest BCUT2D eigenvalue weighted by Crippen LogP contribution is -2.52. The Morgan fingerprint density at radius 1 is 1.22 bits per heavy atom. The molecule has 0 spiro atoms. The molecule has 1 unspecified atom stereocenters. The fourth-order valence-corrected chi connectivity index (χ4v) is 2.54. The third-order valence-corrected chi connectivity index (χ3v) is 3.65. The largest absolute Gasteiger partial charge is 0.368 e. The van der Waals surface area contributed by atoms with Gasteiger partial charge in [-0.15, -0.1) is 0 Å². The van der Waals surface area contributed by atoms with Crippen LogP contribution in [-0.2, 0) is 9.59 Å². The first-order valence-corrected chi connectivity index (χ1v) is 6.72. The number of primary amides is 1. The second-order valence-corrected chi connectivity index (χ2v) is 5.79. The average Bonchev–Trinajstić information content (AvgIpc) is 2.25. The minimum atomic E-state index is -0.607. The molecule has 0 aromatic heterocycles. The second-order valence-electron chi connectivity index (χ2n) is 5.79. The molecule has 104 valence electrons. The van der Waals surface area contributed by atoms with E-state index in [4.69, 9.17) is 11.5 Å². The van der Waals surface area contributed by atoms with Crippen molar-refractivity contribution in [1.82, 2.24) is 5.32 Å². The zero-order valence-corrected chi connectivity index (χ0v) is 11.4. The predicted octanol–water partition coefficient (Wildman–Crippen LogP) is 0.664. The van der Waals surface area contributed by atoms with E-state index < -0.39 is 17.5 Å². The van der Waals surface area contributed by atoms with Crippen molar-refractivity contribution in [2.45, 2.75) is 64.0 Å². The van der Waals surface area contributed by atoms with E-state index in [0.29, 0.717) is 0 Å². The summed E-state index contributed by atoms with van der Waals surface area (Å²) in [7, 11) is 0. The van der Waals surface area contributed by atoms with Gasteiger partial charge in [-0.05, 0) is 18.8 Å². The molecule has 0 aromatic rings. The van der Waals surface area contributed by atoms with Crippen LogP contribution in [0.3, 0.4) is 0 Å². The number of nitrogens with two attached hydrogens (primary N) is 2. The maximum absolute atomic E-state index is 11.9. The summed E-state index contributed by atoms with van der Waals surface area (Å²) in [6.45, 7) is 3.71. The standard InChI is InChI=1S/C13H25N3O2/c1-9(2)11(12(14)18)16-10(17)8-13(15)6-4-3-5-7-13/h9,11H,3-8,15H2,1-2H3,(H2,14,18)(H,16,17). The average molecular weight is 255 g/mol. The summed E-state index contributed by atoms with van der Waals surface area (Å²) >= 11 is 0. The van der Waals surface area contributed by atoms with E-state index in [1.54, 1.807) is 0 Å². The molecule has 1 fully saturated rings. The first-order valence-electron chi connectivity index (χ1n) is 6.72. The van der Waals surface area contributed by atoms with Gasteiger partial charge in [-0.3, -0.25) is 9.59 Å². The molecule has 0 bridgehead atoms. The number of nitrogens with one attached hydrogen (secondary N) is 1. The monoisotopic (exact) mass is 255 g/mol. The van der Waals surface area contributed by atoms with Gasteiger partial charge < -0.3 is 16.8 Å². The van der Waals surface area contributed by atoms with Gasteiger partial charge in [-0.2, -0.15) is 0 Å². The molecular weight excluding hydrogens is 230 g/mol. The van der Waals surface area contributed by atoms with Crippen LogP contribution in [-0.4, -0.2) is 23.4 Å². The Morgan fingerprint density at radius 3 is 2.22 bits per heavy atom. The molecule has 5 heteroatoms. The maximum Gasteiger partial charge on any atom is 0.240 e. The third-order valence-electron chi connectivity index (χ3n) is 3.65. The van der Waals surface area contributed by atoms with Crippen LogP contribution in [0.15, 0.2) is 0 Å². The van der Waals surface area contributed by atoms with Gasteiger partial charge >= 0.3 is 0 Å². The lowest BCUT2D eigenvalue weighted by Gasteiger charge is -2.33. The van der Waals surface area contributed by atoms with Gasteiger partial charge in [0.1, 0.15) is 6.04 Å². The van der Waals surface area contributed by atoms with Crippen molar-refractivity contribution in [2.24, 2.45) is 17.4 Å². The number of carbonyl (C=O) groups excluding carboxylic acids is 2. The Kier molecular flexibility index (Phi) is 5.14. The van der Waals surface area contributed by atoms with Crippen LogP contribution >= 0.6 is 0 Å². The summed E-state index contributed by atoms with van der Waals surface area (Å²) in [5.74, 6) is -0.670. The molecule has 0 aliphatic heterocycles. The zero-order valence-electron chi connectivity index (χ0n) is 11.4. The summed E-state index contributed by atoms with van der Waals surface area (Å²) in [6.07, 6.45) is 5.38. The van der Waals surface area contributed by atoms with Crippen LogP contribution in [0.2, 0.25) is 0 Å². The molecule has 1 aliphatic rings. The molecule has 5 N–H and O–H groups in total. The van der Waals surface area contributed by atoms with Gasteiger partial charge in [0.15, 0.2) is 0 Å². The smallest absolute Gasteiger partial charge is 0.240 e. The van der Waals surface area contributed by atoms with Gasteiger partial charge in [0.2, 0.25) is 11.8 Å². The van der Waals surface area contributed by atoms with Crippen molar-refractivity contribution in [3.05, 3.63) is 0 Å². The van der Waals surface area contributed by atoms with Gasteiger partial charge in [0.05, 0.1) is 0 Å². The maximum atomic E-state index is 11.9. The number of hydrogen-bond acceptors (Lipinski definition) is 3. The van der Waals surface area contributed by atoms with Crippen LogP contribution in [0.1, 0.15) is 52.4 Å². The molecule has 1 atom stereocenters. The van der Waals surface area contributed by atoms with Crippen LogP contribution in [0.25, 0.3) is 0 Å². The summed E-state index contributed by atoms with van der Waals surface area (Å²) in [4.78, 5) is 23.2. The summed E-state index contributed by atoms with van der Waals surface area (Å²) < 4.78 is 0. The number of carbonyl (C=O) groups is 2. The highest BCUT2D eigenvalue weighted by Crippen LogP contribution is 2.28. The minimum Gasteiger partial charge on any atom is -0.368 e. The predicted molar refractivity (Wildman–Crippen MR) is 70.6 cm³/mol. The van der Waals surface area contributed by atoms with Crippen LogP contribution in [0.4, 0.5) is 0 Å². The second kappa shape index (κ2) is 6.18. The third kappa shape index (κ3) is 4.29. The highest BCUT2D eigenvalue weighted by Gasteiger charge is 2.31. The summed E-state index contributed by atoms with van der Waals surface area (Å²) in [6, 6.07) is -0.607. The lowest BCUT2D eigenvalue weighted by atomic mass is 9.80. The van der Waals surface area contributed by atoms with E-state index in [2.05, 4.69) is 5.32 Å². The number of hydrogen-bond donors (Lipinski definition) is 3. The quantitative estimate of drug-likeness (QED) is 0.673. The van der Waals surface area contributed by atoms with Gasteiger partial charge in [0, 0.05) is 12.0 Å². The Morgan fingerprint density at radius 2 is 1.78 bits per heavy atom. The summed E-state index contributed by atoms with van der Waals surface area (Å²) in [5.41, 5.74) is 11.1. The van der Waals surface area contributed by atoms with Gasteiger partial charge in [-0.25, -0.2) is 0 Å². The molecule has 0 saturated heterocycles. The molecule has 1 aliphatic carbocycles. The minimum absolute atomic E-state index is 0.00784. The topological polar surface area (TPSA) is 98.2 Å². The van der Waals surface area contributed by atoms with E-state index in [1.807, 2.05) is 13.8 Å². The molecule has 0 aromatic carbocycles. The van der Waals surface area contributed by atoms with Crippen LogP contribution in [0, 0.1) is 5.92 Å². The van der Waals surface area contributed by atoms with E-state index in [0.717, 1.165) is 25.7 Å². The molecule has 0 radical (unpaired) electrons. The van der Waals surface area contributed by atoms with Crippen LogP contribution in [0.5, 0.6) is 0 Å². The normalized spacial score (nSPS) is 20.4. The van der Waals surface area contributed by atoms with Crippen molar-refractivity contribution in [2.75, 3.05) is 0 Å². The molecule has 1 saturated carbocycles. The number of rotatable bonds is 5. The highest BCUT2D eigenvalue weighted by atomic mass is 16.2. The molecule has 5 nitrogen and oxygen atoms in total. The molecule has 1 rings (SSSR count). The summed E-state index contributed by atoms with van der Waals surface area (Å²) in [5, 5.41) is 2.69. The van der Waals surface area contributed by atoms with Gasteiger partial charge in [0.25, 0.3) is 0 Å². The highest BCUT2D eigenvalue weighted by molar-refractivity contribution is 5.87. The Labute approximate surface area is 109 Å². The van der Waals surface area contributed by atoms with Crippen molar-refractivity contribution in [3.63, 3.8) is 0 Å². The lowest BCUT2D eigenvalue weighted by molar-refractivity contribution is -0.129. The number of amides is 2. The molecule has 2 amide bonds. The van der Waals surface area contributed by atoms with Crippen molar-refractivity contribution >= 4 is 11.8 Å². The van der Waals surface area contributed by atoms with Gasteiger partial charge in [-0.1, -0.05) is 33.1 Å². The SMILES string of the molecule is CC(C)C(NC(=O)CC1(N)CCCCC1)C(N)=O. The van der Waals surface area contributed by atoms with Crippen molar-refractivity contribution in [3.8, 4) is 0 Å². The fourth-order valence-electron chi connectivity index (χ4n) is 2.54. The van der Waals surface area contributed by atoms with Crippen LogP contribution < -0.4 is 16.8 Å². The zero-order chi connectivity index (χ0) is 13.8. The fraction of sp³-hybridized carbons (Fsp3) is 0.846. The first-order chi connectivity index (χ1) is 8.34. The Balaban J connectivity index is 2.52. The van der Waals surface area contributed by atoms with E-state index >= 15 is 0 Å². The molecule has 0 heterocycles. The van der Waals surface area contributed by atoms with Crippen molar-refractivity contribution < 1.29 is 9.59 Å². The first kappa shape index (κ1) is 15.0. The molecule has 18 heavy (non-hydrogen) atoms. The van der Waals surface area contributed by atoms with Crippen molar-refractivity contribution in [1.29, 1.82) is 0 Å². The van der Waals surface area contributed by atoms with E-state index in [9.17, 15) is 9.59 Å².